The van der Waals surface area contributed by atoms with Crippen LogP contribution in [0, 0.1) is 24.1 Å². The van der Waals surface area contributed by atoms with E-state index in [4.69, 9.17) is 0 Å². The van der Waals surface area contributed by atoms with Crippen LogP contribution in [-0.4, -0.2) is 40.2 Å². The third kappa shape index (κ3) is 4.88. The van der Waals surface area contributed by atoms with Crippen molar-refractivity contribution in [1.29, 1.82) is 5.26 Å². The zero-order chi connectivity index (χ0) is 20.1. The number of carboxylic acid groups (broad SMARTS) is 1. The highest BCUT2D eigenvalue weighted by atomic mass is 19.1. The Bertz CT molecular complexity index is 891. The van der Waals surface area contributed by atoms with E-state index in [1.165, 1.54) is 4.90 Å². The molecule has 1 aliphatic carbocycles. The maximum atomic E-state index is 14.3. The van der Waals surface area contributed by atoms with E-state index in [1.54, 1.807) is 0 Å². The molecule has 1 aromatic heterocycles. The van der Waals surface area contributed by atoms with Gasteiger partial charge in [0.1, 0.15) is 6.07 Å². The van der Waals surface area contributed by atoms with Crippen LogP contribution in [0.15, 0.2) is 30.3 Å². The van der Waals surface area contributed by atoms with Crippen LogP contribution in [0.2, 0.25) is 0 Å². The lowest BCUT2D eigenvalue weighted by molar-refractivity contribution is 0.142. The second-order valence-electron chi connectivity index (χ2n) is 6.81. The zero-order valence-electron chi connectivity index (χ0n) is 15.6. The van der Waals surface area contributed by atoms with Crippen molar-refractivity contribution in [3.8, 4) is 6.07 Å². The van der Waals surface area contributed by atoms with Crippen molar-refractivity contribution < 1.29 is 14.3 Å². The Kier molecular flexibility index (Phi) is 5.94. The number of halogens is 1. The van der Waals surface area contributed by atoms with E-state index in [9.17, 15) is 19.6 Å². The molecular weight excluding hydrogens is 361 g/mol. The molecule has 1 amide bonds. The first-order chi connectivity index (χ1) is 13.5. The number of carbonyl (C=O) groups is 1. The molecule has 2 aromatic rings. The fourth-order valence-corrected chi connectivity index (χ4v) is 2.84. The molecule has 0 spiro atoms. The number of pyridine rings is 1. The first-order valence-corrected chi connectivity index (χ1v) is 9.15. The average molecular weight is 383 g/mol. The molecule has 1 fully saturated rings. The summed E-state index contributed by atoms with van der Waals surface area (Å²) in [5.74, 6) is -0.328. The summed E-state index contributed by atoms with van der Waals surface area (Å²) in [6, 6.07) is 10.8. The van der Waals surface area contributed by atoms with Crippen molar-refractivity contribution in [2.24, 2.45) is 0 Å². The van der Waals surface area contributed by atoms with E-state index < -0.39 is 11.9 Å². The number of rotatable bonds is 8. The number of anilines is 3. The standard InChI is InChI=1S/C20H22FN5O2/c1-13-3-5-15(6-4-13)24-18-14(12-22)11-17(21)19(25-18)23-9-2-10-26(20(27)28)16-7-8-16/h3-6,11,16H,2,7-10H2,1H3,(H,27,28)(H2,23,24,25). The largest absolute Gasteiger partial charge is 0.465 e. The molecule has 146 valence electrons. The summed E-state index contributed by atoms with van der Waals surface area (Å²) >= 11 is 0. The van der Waals surface area contributed by atoms with Gasteiger partial charge in [-0.3, -0.25) is 0 Å². The Morgan fingerprint density at radius 1 is 1.36 bits per heavy atom. The van der Waals surface area contributed by atoms with Crippen molar-refractivity contribution in [1.82, 2.24) is 9.88 Å². The summed E-state index contributed by atoms with van der Waals surface area (Å²) in [5.41, 5.74) is 1.95. The Labute approximate surface area is 162 Å². The van der Waals surface area contributed by atoms with Crippen LogP contribution < -0.4 is 10.6 Å². The Morgan fingerprint density at radius 3 is 2.68 bits per heavy atom. The summed E-state index contributed by atoms with van der Waals surface area (Å²) < 4.78 is 14.3. The monoisotopic (exact) mass is 383 g/mol. The van der Waals surface area contributed by atoms with Gasteiger partial charge >= 0.3 is 6.09 Å². The van der Waals surface area contributed by atoms with E-state index in [2.05, 4.69) is 15.6 Å². The van der Waals surface area contributed by atoms with Gasteiger partial charge < -0.3 is 20.6 Å². The summed E-state index contributed by atoms with van der Waals surface area (Å²) in [5, 5.41) is 24.4. The van der Waals surface area contributed by atoms with Crippen LogP contribution in [-0.2, 0) is 0 Å². The van der Waals surface area contributed by atoms with Crippen LogP contribution >= 0.6 is 0 Å². The summed E-state index contributed by atoms with van der Waals surface area (Å²) in [6.07, 6.45) is 1.42. The predicted octanol–water partition coefficient (Wildman–Crippen LogP) is 4.09. The third-order valence-corrected chi connectivity index (χ3v) is 4.51. The topological polar surface area (TPSA) is 101 Å². The molecule has 0 radical (unpaired) electrons. The second-order valence-corrected chi connectivity index (χ2v) is 6.81. The Hall–Kier alpha value is -3.34. The second kappa shape index (κ2) is 8.57. The van der Waals surface area contributed by atoms with Gasteiger partial charge in [0.05, 0.1) is 5.56 Å². The molecule has 1 heterocycles. The smallest absolute Gasteiger partial charge is 0.407 e. The lowest BCUT2D eigenvalue weighted by Crippen LogP contribution is -2.33. The van der Waals surface area contributed by atoms with Gasteiger partial charge in [-0.1, -0.05) is 17.7 Å². The van der Waals surface area contributed by atoms with Gasteiger partial charge in [-0.05, 0) is 44.4 Å². The normalized spacial score (nSPS) is 12.9. The number of benzene rings is 1. The van der Waals surface area contributed by atoms with E-state index >= 15 is 0 Å². The van der Waals surface area contributed by atoms with Gasteiger partial charge in [0.25, 0.3) is 0 Å². The van der Waals surface area contributed by atoms with Gasteiger partial charge in [0, 0.05) is 24.8 Å². The van der Waals surface area contributed by atoms with Gasteiger partial charge in [-0.15, -0.1) is 0 Å². The van der Waals surface area contributed by atoms with E-state index in [-0.39, 0.29) is 23.2 Å². The molecule has 1 aromatic carbocycles. The van der Waals surface area contributed by atoms with Crippen LogP contribution in [0.4, 0.5) is 26.5 Å². The number of nitrogens with one attached hydrogen (secondary N) is 2. The Morgan fingerprint density at radius 2 is 2.07 bits per heavy atom. The van der Waals surface area contributed by atoms with Crippen LogP contribution in [0.1, 0.15) is 30.4 Å². The van der Waals surface area contributed by atoms with Crippen molar-refractivity contribution in [2.45, 2.75) is 32.2 Å². The molecule has 0 atom stereocenters. The predicted molar refractivity (Wildman–Crippen MR) is 104 cm³/mol. The van der Waals surface area contributed by atoms with Crippen LogP contribution in [0.5, 0.6) is 0 Å². The number of aryl methyl sites for hydroxylation is 1. The minimum Gasteiger partial charge on any atom is -0.465 e. The lowest BCUT2D eigenvalue weighted by atomic mass is 10.2. The first kappa shape index (κ1) is 19.4. The quantitative estimate of drug-likeness (QED) is 0.594. The van der Waals surface area contributed by atoms with Gasteiger partial charge in [-0.2, -0.15) is 5.26 Å². The molecule has 7 nitrogen and oxygen atoms in total. The Balaban J connectivity index is 1.64. The lowest BCUT2D eigenvalue weighted by Gasteiger charge is -2.18. The third-order valence-electron chi connectivity index (χ3n) is 4.51. The molecule has 0 aliphatic heterocycles. The minimum atomic E-state index is -0.922. The minimum absolute atomic E-state index is 0.0295. The highest BCUT2D eigenvalue weighted by Gasteiger charge is 2.31. The van der Waals surface area contributed by atoms with Crippen molar-refractivity contribution >= 4 is 23.4 Å². The van der Waals surface area contributed by atoms with Gasteiger partial charge in [0.2, 0.25) is 0 Å². The van der Waals surface area contributed by atoms with Gasteiger partial charge in [0.15, 0.2) is 17.5 Å². The van der Waals surface area contributed by atoms with E-state index in [0.717, 1.165) is 30.2 Å². The molecule has 0 bridgehead atoms. The fourth-order valence-electron chi connectivity index (χ4n) is 2.84. The average Bonchev–Trinajstić information content (AvgIpc) is 3.50. The van der Waals surface area contributed by atoms with Crippen LogP contribution in [0.25, 0.3) is 0 Å². The fraction of sp³-hybridized carbons (Fsp3) is 0.350. The molecule has 3 N–H and O–H groups in total. The van der Waals surface area contributed by atoms with E-state index in [0.29, 0.717) is 19.5 Å². The van der Waals surface area contributed by atoms with Gasteiger partial charge in [-0.25, -0.2) is 14.2 Å². The molecule has 0 saturated heterocycles. The summed E-state index contributed by atoms with van der Waals surface area (Å²) in [7, 11) is 0. The summed E-state index contributed by atoms with van der Waals surface area (Å²) in [4.78, 5) is 16.8. The summed E-state index contributed by atoms with van der Waals surface area (Å²) in [6.45, 7) is 2.73. The van der Waals surface area contributed by atoms with Crippen LogP contribution in [0.3, 0.4) is 0 Å². The van der Waals surface area contributed by atoms with Crippen molar-refractivity contribution in [2.75, 3.05) is 23.7 Å². The molecular formula is C20H22FN5O2. The number of nitriles is 1. The molecule has 0 unspecified atom stereocenters. The maximum Gasteiger partial charge on any atom is 0.407 e. The van der Waals surface area contributed by atoms with Crippen molar-refractivity contribution in [3.05, 3.63) is 47.3 Å². The number of aromatic nitrogens is 1. The number of nitrogens with zero attached hydrogens (tertiary/aromatic N) is 3. The zero-order valence-corrected chi connectivity index (χ0v) is 15.6. The number of amides is 1. The SMILES string of the molecule is Cc1ccc(Nc2nc(NCCCN(C(=O)O)C3CC3)c(F)cc2C#N)cc1. The highest BCUT2D eigenvalue weighted by molar-refractivity contribution is 5.66. The maximum absolute atomic E-state index is 14.3. The molecule has 1 saturated carbocycles. The molecule has 3 rings (SSSR count). The van der Waals surface area contributed by atoms with E-state index in [1.807, 2.05) is 37.3 Å². The molecule has 28 heavy (non-hydrogen) atoms. The number of hydrogen-bond acceptors (Lipinski definition) is 5. The highest BCUT2D eigenvalue weighted by Crippen LogP contribution is 2.27. The first-order valence-electron chi connectivity index (χ1n) is 9.15. The molecule has 8 heteroatoms. The van der Waals surface area contributed by atoms with Crippen molar-refractivity contribution in [3.63, 3.8) is 0 Å². The number of hydrogen-bond donors (Lipinski definition) is 3. The molecule has 1 aliphatic rings.